The van der Waals surface area contributed by atoms with Crippen LogP contribution >= 0.6 is 0 Å². The molecule has 1 aromatic heterocycles. The molecule has 0 atom stereocenters. The van der Waals surface area contributed by atoms with Crippen molar-refractivity contribution in [3.8, 4) is 0 Å². The fraction of sp³-hybridized carbons (Fsp3) is 0.412. The molecule has 23 heavy (non-hydrogen) atoms. The Morgan fingerprint density at radius 2 is 1.70 bits per heavy atom. The lowest BCUT2D eigenvalue weighted by atomic mass is 10.1. The molecule has 2 aromatic rings. The SMILES string of the molecule is CCOCc1ccccc1CNCc1cn(C)c(=O)n(C)c1=O. The second-order valence-electron chi connectivity index (χ2n) is 5.42. The number of nitrogens with zero attached hydrogens (tertiary/aromatic N) is 2. The van der Waals surface area contributed by atoms with E-state index < -0.39 is 0 Å². The third-order valence-corrected chi connectivity index (χ3v) is 3.73. The summed E-state index contributed by atoms with van der Waals surface area (Å²) in [5.41, 5.74) is 2.26. The van der Waals surface area contributed by atoms with Crippen LogP contribution in [0.1, 0.15) is 23.6 Å². The van der Waals surface area contributed by atoms with Gasteiger partial charge in [-0.05, 0) is 18.1 Å². The molecule has 0 bridgehead atoms. The van der Waals surface area contributed by atoms with Gasteiger partial charge in [0, 0.05) is 45.6 Å². The fourth-order valence-corrected chi connectivity index (χ4v) is 2.42. The van der Waals surface area contributed by atoms with Gasteiger partial charge in [-0.3, -0.25) is 9.36 Å². The summed E-state index contributed by atoms with van der Waals surface area (Å²) in [6.45, 7) is 4.27. The molecule has 2 rings (SSSR count). The van der Waals surface area contributed by atoms with Gasteiger partial charge < -0.3 is 14.6 Å². The van der Waals surface area contributed by atoms with Crippen LogP contribution < -0.4 is 16.6 Å². The Labute approximate surface area is 135 Å². The number of hydrogen-bond acceptors (Lipinski definition) is 4. The standard InChI is InChI=1S/C17H23N3O3/c1-4-23-12-14-8-6-5-7-13(14)9-18-10-15-11-19(2)17(22)20(3)16(15)21/h5-8,11,18H,4,9-10,12H2,1-3H3. The van der Waals surface area contributed by atoms with Crippen molar-refractivity contribution in [2.75, 3.05) is 6.61 Å². The first kappa shape index (κ1) is 17.2. The van der Waals surface area contributed by atoms with Crippen LogP contribution in [-0.4, -0.2) is 15.7 Å². The van der Waals surface area contributed by atoms with E-state index in [1.807, 2.05) is 31.2 Å². The Balaban J connectivity index is 2.06. The second-order valence-corrected chi connectivity index (χ2v) is 5.42. The lowest BCUT2D eigenvalue weighted by Gasteiger charge is -2.11. The fourth-order valence-electron chi connectivity index (χ4n) is 2.42. The molecule has 0 aliphatic carbocycles. The van der Waals surface area contributed by atoms with Crippen molar-refractivity contribution >= 4 is 0 Å². The van der Waals surface area contributed by atoms with Gasteiger partial charge in [-0.2, -0.15) is 0 Å². The molecule has 0 fully saturated rings. The van der Waals surface area contributed by atoms with Crippen molar-refractivity contribution in [2.45, 2.75) is 26.6 Å². The molecule has 0 amide bonds. The molecule has 0 saturated heterocycles. The zero-order valence-corrected chi connectivity index (χ0v) is 13.8. The smallest absolute Gasteiger partial charge is 0.330 e. The predicted molar refractivity (Wildman–Crippen MR) is 89.2 cm³/mol. The van der Waals surface area contributed by atoms with Crippen LogP contribution in [0.2, 0.25) is 0 Å². The van der Waals surface area contributed by atoms with Crippen LogP contribution in [0.15, 0.2) is 40.1 Å². The Morgan fingerprint density at radius 1 is 1.04 bits per heavy atom. The van der Waals surface area contributed by atoms with Crippen molar-refractivity contribution in [1.29, 1.82) is 0 Å². The van der Waals surface area contributed by atoms with Crippen molar-refractivity contribution in [2.24, 2.45) is 14.1 Å². The van der Waals surface area contributed by atoms with E-state index in [0.717, 1.165) is 15.7 Å². The average molecular weight is 317 g/mol. The zero-order chi connectivity index (χ0) is 16.8. The Hall–Kier alpha value is -2.18. The third-order valence-electron chi connectivity index (χ3n) is 3.73. The van der Waals surface area contributed by atoms with E-state index in [1.54, 1.807) is 13.2 Å². The van der Waals surface area contributed by atoms with Crippen LogP contribution in [0.3, 0.4) is 0 Å². The lowest BCUT2D eigenvalue weighted by molar-refractivity contribution is 0.133. The van der Waals surface area contributed by atoms with Gasteiger partial charge in [-0.15, -0.1) is 0 Å². The van der Waals surface area contributed by atoms with E-state index in [9.17, 15) is 9.59 Å². The van der Waals surface area contributed by atoms with Crippen LogP contribution in [0.5, 0.6) is 0 Å². The van der Waals surface area contributed by atoms with Crippen molar-refractivity contribution < 1.29 is 4.74 Å². The summed E-state index contributed by atoms with van der Waals surface area (Å²) in [7, 11) is 3.13. The first-order chi connectivity index (χ1) is 11.0. The summed E-state index contributed by atoms with van der Waals surface area (Å²) in [5, 5.41) is 3.27. The van der Waals surface area contributed by atoms with E-state index in [1.165, 1.54) is 11.6 Å². The summed E-state index contributed by atoms with van der Waals surface area (Å²) in [4.78, 5) is 23.8. The topological polar surface area (TPSA) is 65.3 Å². The summed E-state index contributed by atoms with van der Waals surface area (Å²) in [6, 6.07) is 8.05. The molecule has 0 radical (unpaired) electrons. The Bertz CT molecular complexity index is 777. The molecule has 0 saturated carbocycles. The van der Waals surface area contributed by atoms with Crippen LogP contribution in [-0.2, 0) is 38.5 Å². The van der Waals surface area contributed by atoms with Gasteiger partial charge in [0.05, 0.1) is 6.61 Å². The first-order valence-corrected chi connectivity index (χ1v) is 7.65. The Morgan fingerprint density at radius 3 is 2.39 bits per heavy atom. The molecule has 6 nitrogen and oxygen atoms in total. The number of benzene rings is 1. The molecule has 1 N–H and O–H groups in total. The van der Waals surface area contributed by atoms with Crippen molar-refractivity contribution in [3.05, 3.63) is 68.0 Å². The normalized spacial score (nSPS) is 10.9. The quantitative estimate of drug-likeness (QED) is 0.824. The highest BCUT2D eigenvalue weighted by Crippen LogP contribution is 2.10. The number of aromatic nitrogens is 2. The Kier molecular flexibility index (Phi) is 5.90. The van der Waals surface area contributed by atoms with Crippen LogP contribution in [0, 0.1) is 0 Å². The largest absolute Gasteiger partial charge is 0.377 e. The van der Waals surface area contributed by atoms with E-state index in [4.69, 9.17) is 4.74 Å². The van der Waals surface area contributed by atoms with E-state index in [0.29, 0.717) is 31.9 Å². The molecular weight excluding hydrogens is 294 g/mol. The number of rotatable bonds is 7. The molecule has 6 heteroatoms. The molecule has 0 unspecified atom stereocenters. The second kappa shape index (κ2) is 7.89. The van der Waals surface area contributed by atoms with Gasteiger partial charge in [0.1, 0.15) is 0 Å². The highest BCUT2D eigenvalue weighted by Gasteiger charge is 2.07. The predicted octanol–water partition coefficient (Wildman–Crippen LogP) is 0.910. The zero-order valence-electron chi connectivity index (χ0n) is 13.8. The summed E-state index contributed by atoms with van der Waals surface area (Å²) < 4.78 is 8.01. The van der Waals surface area contributed by atoms with Gasteiger partial charge in [-0.1, -0.05) is 24.3 Å². The van der Waals surface area contributed by atoms with Gasteiger partial charge in [0.25, 0.3) is 5.56 Å². The van der Waals surface area contributed by atoms with E-state index in [-0.39, 0.29) is 11.2 Å². The van der Waals surface area contributed by atoms with Crippen LogP contribution in [0.4, 0.5) is 0 Å². The van der Waals surface area contributed by atoms with Gasteiger partial charge >= 0.3 is 5.69 Å². The lowest BCUT2D eigenvalue weighted by Crippen LogP contribution is -2.39. The van der Waals surface area contributed by atoms with Crippen molar-refractivity contribution in [1.82, 2.24) is 14.5 Å². The van der Waals surface area contributed by atoms with Gasteiger partial charge in [0.2, 0.25) is 0 Å². The molecule has 0 spiro atoms. The van der Waals surface area contributed by atoms with E-state index in [2.05, 4.69) is 5.32 Å². The average Bonchev–Trinajstić information content (AvgIpc) is 2.56. The molecule has 1 aromatic carbocycles. The molecule has 1 heterocycles. The van der Waals surface area contributed by atoms with Gasteiger partial charge in [-0.25, -0.2) is 4.79 Å². The maximum Gasteiger partial charge on any atom is 0.330 e. The molecule has 0 aliphatic heterocycles. The first-order valence-electron chi connectivity index (χ1n) is 7.65. The third kappa shape index (κ3) is 4.18. The minimum absolute atomic E-state index is 0.261. The maximum absolute atomic E-state index is 12.1. The maximum atomic E-state index is 12.1. The highest BCUT2D eigenvalue weighted by atomic mass is 16.5. The van der Waals surface area contributed by atoms with Crippen molar-refractivity contribution in [3.63, 3.8) is 0 Å². The molecular formula is C17H23N3O3. The van der Waals surface area contributed by atoms with Crippen LogP contribution in [0.25, 0.3) is 0 Å². The monoisotopic (exact) mass is 317 g/mol. The number of nitrogens with one attached hydrogen (secondary N) is 1. The summed E-state index contributed by atoms with van der Waals surface area (Å²) >= 11 is 0. The number of aryl methyl sites for hydroxylation is 1. The summed E-state index contributed by atoms with van der Waals surface area (Å²) in [5.74, 6) is 0. The summed E-state index contributed by atoms with van der Waals surface area (Å²) in [6.07, 6.45) is 1.59. The minimum Gasteiger partial charge on any atom is -0.377 e. The molecule has 0 aliphatic rings. The number of hydrogen-bond donors (Lipinski definition) is 1. The highest BCUT2D eigenvalue weighted by molar-refractivity contribution is 5.26. The van der Waals surface area contributed by atoms with E-state index >= 15 is 0 Å². The minimum atomic E-state index is -0.319. The van der Waals surface area contributed by atoms with Gasteiger partial charge in [0.15, 0.2) is 0 Å². The number of ether oxygens (including phenoxy) is 1. The molecule has 124 valence electrons.